The van der Waals surface area contributed by atoms with Crippen molar-refractivity contribution in [1.29, 1.82) is 0 Å². The Labute approximate surface area is 129 Å². The Morgan fingerprint density at radius 1 is 1.29 bits per heavy atom. The first-order valence-electron chi connectivity index (χ1n) is 7.06. The fourth-order valence-corrected chi connectivity index (χ4v) is 2.94. The van der Waals surface area contributed by atoms with E-state index in [0.717, 1.165) is 29.4 Å². The molecule has 0 aliphatic heterocycles. The van der Waals surface area contributed by atoms with Gasteiger partial charge < -0.3 is 10.3 Å². The Bertz CT molecular complexity index is 785. The van der Waals surface area contributed by atoms with E-state index in [4.69, 9.17) is 17.3 Å². The van der Waals surface area contributed by atoms with Crippen molar-refractivity contribution >= 4 is 22.5 Å². The van der Waals surface area contributed by atoms with Crippen LogP contribution in [0.3, 0.4) is 0 Å². The number of hydrogen-bond acceptors (Lipinski definition) is 2. The molecule has 0 bridgehead atoms. The highest BCUT2D eigenvalue weighted by molar-refractivity contribution is 6.31. The SMILES string of the molecule is Cc1nn(C)c(Cn2ccc3cc(CCN)ccc32)c1Cl. The summed E-state index contributed by atoms with van der Waals surface area (Å²) < 4.78 is 4.05. The largest absolute Gasteiger partial charge is 0.341 e. The Morgan fingerprint density at radius 2 is 2.10 bits per heavy atom. The minimum Gasteiger partial charge on any atom is -0.341 e. The number of fused-ring (bicyclic) bond motifs is 1. The van der Waals surface area contributed by atoms with Gasteiger partial charge in [-0.15, -0.1) is 0 Å². The van der Waals surface area contributed by atoms with Gasteiger partial charge in [0.05, 0.1) is 23.0 Å². The zero-order chi connectivity index (χ0) is 15.0. The number of nitrogens with zero attached hydrogens (tertiary/aromatic N) is 3. The van der Waals surface area contributed by atoms with Gasteiger partial charge >= 0.3 is 0 Å². The first-order valence-corrected chi connectivity index (χ1v) is 7.43. The summed E-state index contributed by atoms with van der Waals surface area (Å²) in [5.74, 6) is 0. The van der Waals surface area contributed by atoms with E-state index in [0.29, 0.717) is 6.54 Å². The summed E-state index contributed by atoms with van der Waals surface area (Å²) in [7, 11) is 1.93. The lowest BCUT2D eigenvalue weighted by molar-refractivity contribution is 0.673. The van der Waals surface area contributed by atoms with Crippen LogP contribution in [-0.2, 0) is 20.0 Å². The molecule has 0 saturated carbocycles. The maximum absolute atomic E-state index is 6.34. The van der Waals surface area contributed by atoms with E-state index in [1.165, 1.54) is 16.5 Å². The lowest BCUT2D eigenvalue weighted by Gasteiger charge is -2.07. The summed E-state index contributed by atoms with van der Waals surface area (Å²) in [6.45, 7) is 3.32. The summed E-state index contributed by atoms with van der Waals surface area (Å²) >= 11 is 6.34. The average Bonchev–Trinajstić information content (AvgIpc) is 2.96. The second-order valence-electron chi connectivity index (χ2n) is 5.35. The quantitative estimate of drug-likeness (QED) is 0.805. The van der Waals surface area contributed by atoms with Gasteiger partial charge in [0.1, 0.15) is 0 Å². The summed E-state index contributed by atoms with van der Waals surface area (Å²) in [5, 5.41) is 6.35. The first kappa shape index (κ1) is 14.2. The molecule has 4 nitrogen and oxygen atoms in total. The van der Waals surface area contributed by atoms with Gasteiger partial charge in [-0.1, -0.05) is 17.7 Å². The molecule has 0 amide bonds. The summed E-state index contributed by atoms with van der Waals surface area (Å²) in [4.78, 5) is 0. The molecule has 0 saturated heterocycles. The van der Waals surface area contributed by atoms with E-state index in [-0.39, 0.29) is 0 Å². The molecule has 0 aliphatic carbocycles. The zero-order valence-corrected chi connectivity index (χ0v) is 13.1. The van der Waals surface area contributed by atoms with Gasteiger partial charge in [-0.2, -0.15) is 5.10 Å². The van der Waals surface area contributed by atoms with Gasteiger partial charge in [0.2, 0.25) is 0 Å². The van der Waals surface area contributed by atoms with Gasteiger partial charge in [-0.25, -0.2) is 0 Å². The van der Waals surface area contributed by atoms with Gasteiger partial charge in [0.15, 0.2) is 0 Å². The van der Waals surface area contributed by atoms with Crippen molar-refractivity contribution in [3.05, 3.63) is 52.4 Å². The van der Waals surface area contributed by atoms with Crippen LogP contribution in [0.4, 0.5) is 0 Å². The van der Waals surface area contributed by atoms with E-state index in [1.54, 1.807) is 0 Å². The van der Waals surface area contributed by atoms with Crippen molar-refractivity contribution in [2.75, 3.05) is 6.54 Å². The third-order valence-corrected chi connectivity index (χ3v) is 4.34. The maximum atomic E-state index is 6.34. The molecule has 0 fully saturated rings. The number of aryl methyl sites for hydroxylation is 2. The Hall–Kier alpha value is -1.78. The minimum atomic E-state index is 0.677. The van der Waals surface area contributed by atoms with Crippen LogP contribution in [0.2, 0.25) is 5.02 Å². The second kappa shape index (κ2) is 5.54. The molecular formula is C16H19ClN4. The van der Waals surface area contributed by atoms with Crippen molar-refractivity contribution in [2.24, 2.45) is 12.8 Å². The van der Waals surface area contributed by atoms with Crippen molar-refractivity contribution in [2.45, 2.75) is 19.9 Å². The number of hydrogen-bond donors (Lipinski definition) is 1. The zero-order valence-electron chi connectivity index (χ0n) is 12.3. The number of benzene rings is 1. The van der Waals surface area contributed by atoms with Crippen molar-refractivity contribution < 1.29 is 0 Å². The smallest absolute Gasteiger partial charge is 0.0865 e. The Morgan fingerprint density at radius 3 is 2.76 bits per heavy atom. The number of aromatic nitrogens is 3. The summed E-state index contributed by atoms with van der Waals surface area (Å²) in [5.41, 5.74) is 9.99. The molecule has 0 radical (unpaired) electrons. The van der Waals surface area contributed by atoms with Gasteiger partial charge in [0.25, 0.3) is 0 Å². The monoisotopic (exact) mass is 302 g/mol. The van der Waals surface area contributed by atoms with Gasteiger partial charge in [-0.3, -0.25) is 4.68 Å². The predicted octanol–water partition coefficient (Wildman–Crippen LogP) is 2.89. The predicted molar refractivity (Wildman–Crippen MR) is 86.8 cm³/mol. The highest BCUT2D eigenvalue weighted by atomic mass is 35.5. The van der Waals surface area contributed by atoms with Crippen LogP contribution in [0.5, 0.6) is 0 Å². The number of nitrogens with two attached hydrogens (primary N) is 1. The van der Waals surface area contributed by atoms with Crippen LogP contribution >= 0.6 is 11.6 Å². The fourth-order valence-electron chi connectivity index (χ4n) is 2.72. The van der Waals surface area contributed by atoms with Gasteiger partial charge in [0, 0.05) is 18.8 Å². The highest BCUT2D eigenvalue weighted by Gasteiger charge is 2.12. The standard InChI is InChI=1S/C16H19ClN4/c1-11-16(17)15(20(2)19-11)10-21-8-6-13-9-12(5-7-18)3-4-14(13)21/h3-4,6,8-9H,5,7,10,18H2,1-2H3. The molecule has 110 valence electrons. The highest BCUT2D eigenvalue weighted by Crippen LogP contribution is 2.23. The summed E-state index contributed by atoms with van der Waals surface area (Å²) in [6, 6.07) is 8.63. The second-order valence-corrected chi connectivity index (χ2v) is 5.72. The Balaban J connectivity index is 1.98. The van der Waals surface area contributed by atoms with Crippen molar-refractivity contribution in [3.63, 3.8) is 0 Å². The molecular weight excluding hydrogens is 284 g/mol. The van der Waals surface area contributed by atoms with Crippen molar-refractivity contribution in [3.8, 4) is 0 Å². The normalized spacial score (nSPS) is 11.4. The van der Waals surface area contributed by atoms with Crippen LogP contribution in [0.25, 0.3) is 10.9 Å². The molecule has 0 atom stereocenters. The van der Waals surface area contributed by atoms with Crippen molar-refractivity contribution in [1.82, 2.24) is 14.3 Å². The van der Waals surface area contributed by atoms with E-state index >= 15 is 0 Å². The minimum absolute atomic E-state index is 0.677. The lowest BCUT2D eigenvalue weighted by Crippen LogP contribution is -2.05. The van der Waals surface area contributed by atoms with E-state index < -0.39 is 0 Å². The van der Waals surface area contributed by atoms with Gasteiger partial charge in [-0.05, 0) is 49.0 Å². The van der Waals surface area contributed by atoms with Crippen LogP contribution in [0, 0.1) is 6.92 Å². The number of halogens is 1. The van der Waals surface area contributed by atoms with Crippen LogP contribution < -0.4 is 5.73 Å². The number of rotatable bonds is 4. The molecule has 0 unspecified atom stereocenters. The van der Waals surface area contributed by atoms with E-state index in [1.807, 2.05) is 18.7 Å². The molecule has 2 N–H and O–H groups in total. The molecule has 3 rings (SSSR count). The third kappa shape index (κ3) is 2.57. The van der Waals surface area contributed by atoms with Crippen LogP contribution in [0.1, 0.15) is 17.0 Å². The molecule has 0 aliphatic rings. The maximum Gasteiger partial charge on any atom is 0.0865 e. The topological polar surface area (TPSA) is 48.8 Å². The molecule has 3 aromatic rings. The average molecular weight is 303 g/mol. The molecule has 21 heavy (non-hydrogen) atoms. The molecule has 0 spiro atoms. The molecule has 2 aromatic heterocycles. The van der Waals surface area contributed by atoms with Crippen LogP contribution in [-0.4, -0.2) is 20.9 Å². The fraction of sp³-hybridized carbons (Fsp3) is 0.312. The molecule has 2 heterocycles. The van der Waals surface area contributed by atoms with Crippen LogP contribution in [0.15, 0.2) is 30.5 Å². The first-order chi connectivity index (χ1) is 10.1. The van der Waals surface area contributed by atoms with E-state index in [9.17, 15) is 0 Å². The van der Waals surface area contributed by atoms with E-state index in [2.05, 4.69) is 40.1 Å². The summed E-state index contributed by atoms with van der Waals surface area (Å²) in [6.07, 6.45) is 3.00. The Kier molecular flexibility index (Phi) is 3.74. The lowest BCUT2D eigenvalue weighted by atomic mass is 10.1. The molecule has 5 heteroatoms. The molecule has 1 aromatic carbocycles. The third-order valence-electron chi connectivity index (χ3n) is 3.85.